The fraction of sp³-hybridized carbons (Fsp3) is 0.385. The third-order valence-corrected chi connectivity index (χ3v) is 2.70. The number of benzene rings is 1. The summed E-state index contributed by atoms with van der Waals surface area (Å²) in [5.41, 5.74) is 0.0795. The number of halogens is 3. The molecule has 1 aromatic carbocycles. The molecule has 84 valence electrons. The highest BCUT2D eigenvalue weighted by atomic mass is 19.3. The summed E-state index contributed by atoms with van der Waals surface area (Å²) in [4.78, 5) is 0. The third kappa shape index (κ3) is 2.21. The van der Waals surface area contributed by atoms with Gasteiger partial charge in [0, 0.05) is 5.56 Å². The molecule has 1 saturated carbocycles. The molecule has 0 amide bonds. The van der Waals surface area contributed by atoms with Gasteiger partial charge in [0.05, 0.1) is 5.41 Å². The molecule has 0 atom stereocenters. The predicted octanol–water partition coefficient (Wildman–Crippen LogP) is 3.53. The maximum absolute atomic E-state index is 13.0. The molecule has 0 aliphatic heterocycles. The SMILES string of the molecule is Cc1cc(F)cc(C#CC2(C(F)F)CC2)c1. The summed E-state index contributed by atoms with van der Waals surface area (Å²) in [6.45, 7) is 1.74. The molecular weight excluding hydrogens is 213 g/mol. The van der Waals surface area contributed by atoms with Crippen molar-refractivity contribution in [2.45, 2.75) is 26.2 Å². The molecule has 2 rings (SSSR count). The molecule has 0 aromatic heterocycles. The van der Waals surface area contributed by atoms with E-state index in [2.05, 4.69) is 11.8 Å². The van der Waals surface area contributed by atoms with E-state index < -0.39 is 11.8 Å². The smallest absolute Gasteiger partial charge is 0.209 e. The molecular formula is C13H11F3. The molecule has 1 aliphatic carbocycles. The number of alkyl halides is 2. The van der Waals surface area contributed by atoms with Crippen LogP contribution in [0.2, 0.25) is 0 Å². The van der Waals surface area contributed by atoms with Crippen LogP contribution >= 0.6 is 0 Å². The van der Waals surface area contributed by atoms with Crippen molar-refractivity contribution >= 4 is 0 Å². The fourth-order valence-electron chi connectivity index (χ4n) is 1.54. The van der Waals surface area contributed by atoms with Gasteiger partial charge in [-0.05, 0) is 43.5 Å². The number of rotatable bonds is 1. The minimum atomic E-state index is -2.41. The van der Waals surface area contributed by atoms with Crippen LogP contribution in [0.25, 0.3) is 0 Å². The van der Waals surface area contributed by atoms with Crippen LogP contribution < -0.4 is 0 Å². The summed E-state index contributed by atoms with van der Waals surface area (Å²) >= 11 is 0. The zero-order valence-corrected chi connectivity index (χ0v) is 8.86. The first kappa shape index (κ1) is 11.1. The monoisotopic (exact) mass is 224 g/mol. The predicted molar refractivity (Wildman–Crippen MR) is 55.7 cm³/mol. The van der Waals surface area contributed by atoms with Gasteiger partial charge in [0.25, 0.3) is 6.43 Å². The Kier molecular flexibility index (Phi) is 2.67. The summed E-state index contributed by atoms with van der Waals surface area (Å²) in [6, 6.07) is 4.34. The normalized spacial score (nSPS) is 16.8. The van der Waals surface area contributed by atoms with Crippen LogP contribution in [0.5, 0.6) is 0 Å². The second-order valence-electron chi connectivity index (χ2n) is 4.22. The number of aryl methyl sites for hydroxylation is 1. The van der Waals surface area contributed by atoms with Crippen molar-refractivity contribution in [3.63, 3.8) is 0 Å². The van der Waals surface area contributed by atoms with Gasteiger partial charge in [-0.25, -0.2) is 13.2 Å². The maximum atomic E-state index is 13.0. The summed E-state index contributed by atoms with van der Waals surface area (Å²) in [7, 11) is 0. The van der Waals surface area contributed by atoms with E-state index >= 15 is 0 Å². The first-order chi connectivity index (χ1) is 7.52. The van der Waals surface area contributed by atoms with E-state index in [9.17, 15) is 13.2 Å². The quantitative estimate of drug-likeness (QED) is 0.640. The second kappa shape index (κ2) is 3.86. The highest BCUT2D eigenvalue weighted by Gasteiger charge is 2.49. The van der Waals surface area contributed by atoms with Crippen molar-refractivity contribution in [3.05, 3.63) is 35.1 Å². The fourth-order valence-corrected chi connectivity index (χ4v) is 1.54. The van der Waals surface area contributed by atoms with Gasteiger partial charge in [0.2, 0.25) is 0 Å². The molecule has 0 saturated heterocycles. The first-order valence-electron chi connectivity index (χ1n) is 5.10. The topological polar surface area (TPSA) is 0 Å². The molecule has 16 heavy (non-hydrogen) atoms. The van der Waals surface area contributed by atoms with Crippen molar-refractivity contribution in [2.75, 3.05) is 0 Å². The van der Waals surface area contributed by atoms with Gasteiger partial charge in [-0.1, -0.05) is 11.8 Å². The summed E-state index contributed by atoms with van der Waals surface area (Å²) < 4.78 is 38.1. The largest absolute Gasteiger partial charge is 0.254 e. The van der Waals surface area contributed by atoms with Gasteiger partial charge in [0.15, 0.2) is 0 Å². The van der Waals surface area contributed by atoms with Crippen LogP contribution in [-0.2, 0) is 0 Å². The lowest BCUT2D eigenvalue weighted by molar-refractivity contribution is 0.0921. The summed E-state index contributed by atoms with van der Waals surface area (Å²) in [6.07, 6.45) is -1.53. The van der Waals surface area contributed by atoms with E-state index in [4.69, 9.17) is 0 Å². The lowest BCUT2D eigenvalue weighted by atomic mass is 10.1. The average Bonchev–Trinajstić information content (AvgIpc) is 2.94. The first-order valence-corrected chi connectivity index (χ1v) is 5.10. The Morgan fingerprint density at radius 1 is 1.25 bits per heavy atom. The van der Waals surface area contributed by atoms with Crippen molar-refractivity contribution in [1.29, 1.82) is 0 Å². The molecule has 1 fully saturated rings. The molecule has 0 nitrogen and oxygen atoms in total. The molecule has 1 aromatic rings. The molecule has 0 bridgehead atoms. The number of hydrogen-bond donors (Lipinski definition) is 0. The van der Waals surface area contributed by atoms with Gasteiger partial charge in [-0.2, -0.15) is 0 Å². The van der Waals surface area contributed by atoms with E-state index in [1.807, 2.05) is 0 Å². The summed E-state index contributed by atoms with van der Waals surface area (Å²) in [5, 5.41) is 0. The molecule has 0 spiro atoms. The molecule has 3 heteroatoms. The highest BCUT2D eigenvalue weighted by molar-refractivity contribution is 5.39. The van der Waals surface area contributed by atoms with Crippen LogP contribution in [0.3, 0.4) is 0 Å². The lowest BCUT2D eigenvalue weighted by Crippen LogP contribution is -2.08. The van der Waals surface area contributed by atoms with Crippen LogP contribution in [-0.4, -0.2) is 6.43 Å². The zero-order chi connectivity index (χ0) is 11.8. The minimum Gasteiger partial charge on any atom is -0.209 e. The maximum Gasteiger partial charge on any atom is 0.254 e. The van der Waals surface area contributed by atoms with Crippen molar-refractivity contribution in [2.24, 2.45) is 5.41 Å². The Hall–Kier alpha value is -1.43. The van der Waals surface area contributed by atoms with Crippen LogP contribution in [0.15, 0.2) is 18.2 Å². The Morgan fingerprint density at radius 3 is 2.44 bits per heavy atom. The van der Waals surface area contributed by atoms with Gasteiger partial charge < -0.3 is 0 Å². The second-order valence-corrected chi connectivity index (χ2v) is 4.22. The Morgan fingerprint density at radius 2 is 1.94 bits per heavy atom. The molecule has 0 unspecified atom stereocenters. The van der Waals surface area contributed by atoms with E-state index in [0.29, 0.717) is 18.4 Å². The van der Waals surface area contributed by atoms with Crippen LogP contribution in [0.4, 0.5) is 13.2 Å². The standard InChI is InChI=1S/C13H11F3/c1-9-6-10(8-11(14)7-9)2-3-13(4-5-13)12(15)16/h6-8,12H,4-5H2,1H3. The van der Waals surface area contributed by atoms with Crippen molar-refractivity contribution in [3.8, 4) is 11.8 Å². The van der Waals surface area contributed by atoms with E-state index in [1.165, 1.54) is 12.1 Å². The Labute approximate surface area is 92.5 Å². The van der Waals surface area contributed by atoms with Gasteiger partial charge >= 0.3 is 0 Å². The van der Waals surface area contributed by atoms with E-state index in [-0.39, 0.29) is 5.82 Å². The highest BCUT2D eigenvalue weighted by Crippen LogP contribution is 2.50. The lowest BCUT2D eigenvalue weighted by Gasteiger charge is -2.03. The van der Waals surface area contributed by atoms with Gasteiger partial charge in [0.1, 0.15) is 5.82 Å². The molecule has 0 N–H and O–H groups in total. The molecule has 1 aliphatic rings. The minimum absolute atomic E-state index is 0.383. The molecule has 0 radical (unpaired) electrons. The summed E-state index contributed by atoms with van der Waals surface area (Å²) in [5.74, 6) is 4.83. The number of hydrogen-bond acceptors (Lipinski definition) is 0. The third-order valence-electron chi connectivity index (χ3n) is 2.70. The van der Waals surface area contributed by atoms with E-state index in [0.717, 1.165) is 5.56 Å². The Balaban J connectivity index is 2.24. The van der Waals surface area contributed by atoms with Crippen molar-refractivity contribution in [1.82, 2.24) is 0 Å². The van der Waals surface area contributed by atoms with Crippen molar-refractivity contribution < 1.29 is 13.2 Å². The molecule has 0 heterocycles. The zero-order valence-electron chi connectivity index (χ0n) is 8.86. The Bertz CT molecular complexity index is 442. The van der Waals surface area contributed by atoms with E-state index in [1.54, 1.807) is 13.0 Å². The van der Waals surface area contributed by atoms with Crippen LogP contribution in [0, 0.1) is 30.0 Å². The average molecular weight is 224 g/mol. The van der Waals surface area contributed by atoms with Crippen LogP contribution in [0.1, 0.15) is 24.0 Å². The van der Waals surface area contributed by atoms with Gasteiger partial charge in [-0.3, -0.25) is 0 Å². The van der Waals surface area contributed by atoms with Gasteiger partial charge in [-0.15, -0.1) is 0 Å².